The van der Waals surface area contributed by atoms with Crippen LogP contribution in [0.2, 0.25) is 0 Å². The fourth-order valence-electron chi connectivity index (χ4n) is 3.91. The Hall–Kier alpha value is -2.57. The largest absolute Gasteiger partial charge is 0.507 e. The number of amides is 1. The summed E-state index contributed by atoms with van der Waals surface area (Å²) < 4.78 is 22.2. The SMILES string of the molecule is COCCNC(=O)c1ccc(CN2CCC(NCC(O)COc3ccc(O)c(S(C)=O)c3)CC2)nc1. The van der Waals surface area contributed by atoms with Crippen LogP contribution in [-0.2, 0) is 22.1 Å². The smallest absolute Gasteiger partial charge is 0.252 e. The number of carbonyl (C=O) groups is 1. The lowest BCUT2D eigenvalue weighted by Crippen LogP contribution is -2.45. The maximum absolute atomic E-state index is 12.1. The van der Waals surface area contributed by atoms with E-state index in [0.717, 1.165) is 38.2 Å². The van der Waals surface area contributed by atoms with Crippen molar-refractivity contribution in [3.8, 4) is 11.5 Å². The van der Waals surface area contributed by atoms with Crippen LogP contribution >= 0.6 is 0 Å². The zero-order valence-electron chi connectivity index (χ0n) is 20.8. The maximum Gasteiger partial charge on any atom is 0.252 e. The van der Waals surface area contributed by atoms with Crippen LogP contribution in [0, 0.1) is 0 Å². The monoisotopic (exact) mass is 520 g/mol. The quantitative estimate of drug-likeness (QED) is 0.284. The first kappa shape index (κ1) is 28.0. The van der Waals surface area contributed by atoms with E-state index < -0.39 is 16.9 Å². The Morgan fingerprint density at radius 1 is 1.28 bits per heavy atom. The molecule has 1 aliphatic heterocycles. The van der Waals surface area contributed by atoms with Crippen LogP contribution < -0.4 is 15.4 Å². The third-order valence-electron chi connectivity index (χ3n) is 5.98. The van der Waals surface area contributed by atoms with Gasteiger partial charge < -0.3 is 30.3 Å². The molecule has 1 amide bonds. The molecule has 2 atom stereocenters. The molecule has 1 aromatic heterocycles. The summed E-state index contributed by atoms with van der Waals surface area (Å²) in [5, 5.41) is 26.2. The predicted octanol–water partition coefficient (Wildman–Crippen LogP) is 0.895. The van der Waals surface area contributed by atoms with Gasteiger partial charge in [-0.1, -0.05) is 0 Å². The number of phenols is 1. The van der Waals surface area contributed by atoms with E-state index in [1.165, 1.54) is 18.4 Å². The molecule has 0 aliphatic carbocycles. The Bertz CT molecular complexity index is 999. The van der Waals surface area contributed by atoms with Gasteiger partial charge in [0.2, 0.25) is 0 Å². The number of ether oxygens (including phenoxy) is 2. The van der Waals surface area contributed by atoms with Crippen LogP contribution in [-0.4, -0.2) is 95.1 Å². The molecular formula is C25H36N4O6S. The molecule has 2 heterocycles. The molecule has 10 nitrogen and oxygen atoms in total. The number of rotatable bonds is 13. The minimum Gasteiger partial charge on any atom is -0.507 e. The number of pyridine rings is 1. The van der Waals surface area contributed by atoms with Crippen LogP contribution in [0.3, 0.4) is 0 Å². The number of aromatic nitrogens is 1. The first-order valence-electron chi connectivity index (χ1n) is 12.0. The number of piperidine rings is 1. The highest BCUT2D eigenvalue weighted by Crippen LogP contribution is 2.25. The van der Waals surface area contributed by atoms with Crippen molar-refractivity contribution in [3.63, 3.8) is 0 Å². The topological polar surface area (TPSA) is 133 Å². The number of aliphatic hydroxyl groups excluding tert-OH is 1. The van der Waals surface area contributed by atoms with E-state index in [2.05, 4.69) is 20.5 Å². The van der Waals surface area contributed by atoms with Gasteiger partial charge in [0.15, 0.2) is 0 Å². The highest BCUT2D eigenvalue weighted by atomic mass is 32.2. The number of carbonyl (C=O) groups excluding carboxylic acids is 1. The number of nitrogens with zero attached hydrogens (tertiary/aromatic N) is 2. The van der Waals surface area contributed by atoms with Gasteiger partial charge in [-0.2, -0.15) is 0 Å². The average molecular weight is 521 g/mol. The minimum atomic E-state index is -1.33. The van der Waals surface area contributed by atoms with Crippen molar-refractivity contribution in [1.82, 2.24) is 20.5 Å². The normalized spacial score (nSPS) is 16.4. The van der Waals surface area contributed by atoms with E-state index in [9.17, 15) is 19.2 Å². The van der Waals surface area contributed by atoms with Crippen molar-refractivity contribution in [2.45, 2.75) is 36.4 Å². The molecule has 1 saturated heterocycles. The summed E-state index contributed by atoms with van der Waals surface area (Å²) in [5.41, 5.74) is 1.46. The lowest BCUT2D eigenvalue weighted by atomic mass is 10.0. The summed E-state index contributed by atoms with van der Waals surface area (Å²) in [6.07, 6.45) is 4.31. The number of hydrogen-bond donors (Lipinski definition) is 4. The van der Waals surface area contributed by atoms with Gasteiger partial charge in [-0.15, -0.1) is 0 Å². The number of nitrogens with one attached hydrogen (secondary N) is 2. The van der Waals surface area contributed by atoms with E-state index in [-0.39, 0.29) is 18.3 Å². The average Bonchev–Trinajstić information content (AvgIpc) is 2.88. The van der Waals surface area contributed by atoms with Crippen molar-refractivity contribution >= 4 is 16.7 Å². The van der Waals surface area contributed by atoms with Crippen LogP contribution in [0.4, 0.5) is 0 Å². The second kappa shape index (κ2) is 14.2. The Morgan fingerprint density at radius 2 is 2.06 bits per heavy atom. The molecule has 1 fully saturated rings. The van der Waals surface area contributed by atoms with Gasteiger partial charge in [-0.3, -0.25) is 18.9 Å². The van der Waals surface area contributed by atoms with Crippen molar-refractivity contribution in [2.24, 2.45) is 0 Å². The molecule has 0 saturated carbocycles. The van der Waals surface area contributed by atoms with Gasteiger partial charge in [0.1, 0.15) is 24.2 Å². The second-order valence-corrected chi connectivity index (χ2v) is 10.1. The predicted molar refractivity (Wildman–Crippen MR) is 137 cm³/mol. The zero-order valence-corrected chi connectivity index (χ0v) is 21.6. The third-order valence-corrected chi connectivity index (χ3v) is 6.92. The first-order chi connectivity index (χ1) is 17.4. The Kier molecular flexibility index (Phi) is 11.1. The number of likely N-dealkylation sites (tertiary alicyclic amines) is 1. The Balaban J connectivity index is 1.34. The summed E-state index contributed by atoms with van der Waals surface area (Å²) >= 11 is 0. The van der Waals surface area contributed by atoms with Gasteiger partial charge in [-0.05, 0) is 43.2 Å². The molecule has 3 rings (SSSR count). The number of phenolic OH excluding ortho intramolecular Hbond substituents is 1. The Morgan fingerprint density at radius 3 is 2.72 bits per heavy atom. The lowest BCUT2D eigenvalue weighted by molar-refractivity contribution is 0.0936. The molecule has 2 unspecified atom stereocenters. The number of benzene rings is 1. The van der Waals surface area contributed by atoms with Gasteiger partial charge in [0.05, 0.1) is 33.6 Å². The number of hydrogen-bond acceptors (Lipinski definition) is 9. The molecule has 0 spiro atoms. The van der Waals surface area contributed by atoms with Crippen molar-refractivity contribution in [2.75, 3.05) is 52.8 Å². The molecule has 0 radical (unpaired) electrons. The molecule has 1 aromatic carbocycles. The van der Waals surface area contributed by atoms with E-state index in [1.54, 1.807) is 25.4 Å². The first-order valence-corrected chi connectivity index (χ1v) is 13.6. The molecule has 198 valence electrons. The molecule has 0 bridgehead atoms. The van der Waals surface area contributed by atoms with Crippen LogP contribution in [0.25, 0.3) is 0 Å². The lowest BCUT2D eigenvalue weighted by Gasteiger charge is -2.32. The number of aromatic hydroxyl groups is 1. The van der Waals surface area contributed by atoms with Crippen LogP contribution in [0.15, 0.2) is 41.4 Å². The fraction of sp³-hybridized carbons (Fsp3) is 0.520. The highest BCUT2D eigenvalue weighted by molar-refractivity contribution is 7.84. The molecule has 4 N–H and O–H groups in total. The third kappa shape index (κ3) is 8.82. The van der Waals surface area contributed by atoms with Gasteiger partial charge >= 0.3 is 0 Å². The summed E-state index contributed by atoms with van der Waals surface area (Å²) in [6.45, 7) is 3.99. The van der Waals surface area contributed by atoms with E-state index >= 15 is 0 Å². The number of aliphatic hydroxyl groups is 1. The van der Waals surface area contributed by atoms with E-state index in [4.69, 9.17) is 9.47 Å². The van der Waals surface area contributed by atoms with Crippen molar-refractivity contribution < 1.29 is 28.7 Å². The highest BCUT2D eigenvalue weighted by Gasteiger charge is 2.20. The zero-order chi connectivity index (χ0) is 25.9. The molecule has 36 heavy (non-hydrogen) atoms. The van der Waals surface area contributed by atoms with Gasteiger partial charge in [-0.25, -0.2) is 0 Å². The van der Waals surface area contributed by atoms with Crippen LogP contribution in [0.5, 0.6) is 11.5 Å². The number of methoxy groups -OCH3 is 1. The van der Waals surface area contributed by atoms with Crippen LogP contribution in [0.1, 0.15) is 28.9 Å². The standard InChI is InChI=1S/C25H36N4O6S/c1-34-12-9-26-25(32)18-3-4-20(27-14-18)16-29-10-7-19(8-11-29)28-15-21(30)17-35-22-5-6-23(31)24(13-22)36(2)33/h3-6,13-14,19,21,28,30-31H,7-12,15-17H2,1-2H3,(H,26,32). The molecule has 11 heteroatoms. The summed E-state index contributed by atoms with van der Waals surface area (Å²) in [4.78, 5) is 19.1. The maximum atomic E-state index is 12.1. The van der Waals surface area contributed by atoms with Gasteiger partial charge in [0, 0.05) is 58.3 Å². The van der Waals surface area contributed by atoms with Crippen molar-refractivity contribution in [1.29, 1.82) is 0 Å². The second-order valence-electron chi connectivity index (χ2n) is 8.79. The van der Waals surface area contributed by atoms with Crippen molar-refractivity contribution in [3.05, 3.63) is 47.8 Å². The van der Waals surface area contributed by atoms with E-state index in [0.29, 0.717) is 41.9 Å². The van der Waals surface area contributed by atoms with E-state index in [1.807, 2.05) is 6.07 Å². The minimum absolute atomic E-state index is 0.0364. The molecule has 1 aliphatic rings. The summed E-state index contributed by atoms with van der Waals surface area (Å²) in [6, 6.07) is 8.55. The summed E-state index contributed by atoms with van der Waals surface area (Å²) in [7, 11) is 0.267. The molecule has 2 aromatic rings. The summed E-state index contributed by atoms with van der Waals surface area (Å²) in [5.74, 6) is 0.264. The molecular weight excluding hydrogens is 484 g/mol. The fourth-order valence-corrected chi connectivity index (χ4v) is 4.56. The van der Waals surface area contributed by atoms with Gasteiger partial charge in [0.25, 0.3) is 5.91 Å². The Labute approximate surface area is 214 Å².